The normalized spacial score (nSPS) is 12.7. The van der Waals surface area contributed by atoms with E-state index >= 15 is 0 Å². The molecule has 0 saturated heterocycles. The van der Waals surface area contributed by atoms with Crippen molar-refractivity contribution >= 4 is 0 Å². The Morgan fingerprint density at radius 1 is 1.16 bits per heavy atom. The third kappa shape index (κ3) is 4.78. The van der Waals surface area contributed by atoms with Gasteiger partial charge in [-0.3, -0.25) is 4.98 Å². The van der Waals surface area contributed by atoms with Crippen LogP contribution in [0.1, 0.15) is 32.4 Å². The molecule has 5 nitrogen and oxygen atoms in total. The molecular weight excluding hydrogens is 244 g/mol. The summed E-state index contributed by atoms with van der Waals surface area (Å²) in [6.07, 6.45) is 3.16. The molecule has 1 aromatic heterocycles. The lowest BCUT2D eigenvalue weighted by Crippen LogP contribution is -2.36. The molecule has 0 amide bonds. The van der Waals surface area contributed by atoms with Gasteiger partial charge in [0, 0.05) is 19.4 Å². The lowest BCUT2D eigenvalue weighted by Gasteiger charge is -2.27. The van der Waals surface area contributed by atoms with Crippen LogP contribution in [0, 0.1) is 0 Å². The highest BCUT2D eigenvalue weighted by Crippen LogP contribution is 2.23. The Hall–Kier alpha value is -1.17. The quantitative estimate of drug-likeness (QED) is 0.695. The van der Waals surface area contributed by atoms with Gasteiger partial charge in [0.05, 0.1) is 19.3 Å². The number of rotatable bonds is 9. The monoisotopic (exact) mass is 268 g/mol. The Labute approximate surface area is 115 Å². The summed E-state index contributed by atoms with van der Waals surface area (Å²) in [6.45, 7) is 7.99. The van der Waals surface area contributed by atoms with Gasteiger partial charge in [-0.15, -0.1) is 0 Å². The molecule has 1 atom stereocenters. The van der Waals surface area contributed by atoms with Crippen molar-refractivity contribution in [1.82, 2.24) is 10.3 Å². The zero-order valence-corrected chi connectivity index (χ0v) is 12.2. The minimum Gasteiger partial charge on any atom is -0.495 e. The summed E-state index contributed by atoms with van der Waals surface area (Å²) in [5, 5.41) is 3.37. The zero-order chi connectivity index (χ0) is 14.1. The molecule has 5 heteroatoms. The fourth-order valence-corrected chi connectivity index (χ4v) is 1.88. The summed E-state index contributed by atoms with van der Waals surface area (Å²) in [5.74, 6) is 0.729. The number of ether oxygens (including phenoxy) is 3. The fraction of sp³-hybridized carbons (Fsp3) is 0.643. The largest absolute Gasteiger partial charge is 0.495 e. The summed E-state index contributed by atoms with van der Waals surface area (Å²) in [6, 6.07) is 1.89. The van der Waals surface area contributed by atoms with Crippen LogP contribution >= 0.6 is 0 Å². The highest BCUT2D eigenvalue weighted by atomic mass is 16.7. The van der Waals surface area contributed by atoms with Crippen molar-refractivity contribution < 1.29 is 14.2 Å². The molecule has 0 fully saturated rings. The number of hydrogen-bond donors (Lipinski definition) is 1. The lowest BCUT2D eigenvalue weighted by molar-refractivity contribution is -0.155. The average Bonchev–Trinajstić information content (AvgIpc) is 2.45. The molecule has 108 valence electrons. The summed E-state index contributed by atoms with van der Waals surface area (Å²) < 4.78 is 16.6. The molecule has 1 unspecified atom stereocenters. The predicted molar refractivity (Wildman–Crippen MR) is 74.2 cm³/mol. The number of pyridine rings is 1. The van der Waals surface area contributed by atoms with E-state index in [4.69, 9.17) is 14.2 Å². The van der Waals surface area contributed by atoms with Gasteiger partial charge in [0.15, 0.2) is 6.29 Å². The van der Waals surface area contributed by atoms with Crippen molar-refractivity contribution in [2.24, 2.45) is 0 Å². The molecule has 0 radical (unpaired) electrons. The van der Waals surface area contributed by atoms with E-state index in [-0.39, 0.29) is 12.3 Å². The molecule has 0 saturated carbocycles. The third-order valence-electron chi connectivity index (χ3n) is 2.69. The topological polar surface area (TPSA) is 52.6 Å². The predicted octanol–water partition coefficient (Wildman–Crippen LogP) is 2.14. The van der Waals surface area contributed by atoms with Crippen molar-refractivity contribution in [2.45, 2.75) is 33.1 Å². The first-order valence-electron chi connectivity index (χ1n) is 6.72. The average molecular weight is 268 g/mol. The van der Waals surface area contributed by atoms with E-state index in [1.165, 1.54) is 0 Å². The molecule has 0 aliphatic rings. The van der Waals surface area contributed by atoms with E-state index in [1.54, 1.807) is 19.5 Å². The molecule has 0 spiro atoms. The van der Waals surface area contributed by atoms with E-state index in [1.807, 2.05) is 19.9 Å². The first-order chi connectivity index (χ1) is 9.26. The molecule has 0 bridgehead atoms. The molecule has 19 heavy (non-hydrogen) atoms. The highest BCUT2D eigenvalue weighted by Gasteiger charge is 2.24. The van der Waals surface area contributed by atoms with Crippen LogP contribution in [0.5, 0.6) is 5.75 Å². The van der Waals surface area contributed by atoms with Crippen molar-refractivity contribution in [3.63, 3.8) is 0 Å². The molecule has 1 aromatic rings. The summed E-state index contributed by atoms with van der Waals surface area (Å²) in [7, 11) is 1.63. The van der Waals surface area contributed by atoms with Crippen LogP contribution in [0.3, 0.4) is 0 Å². The number of aromatic nitrogens is 1. The van der Waals surface area contributed by atoms with Gasteiger partial charge in [0.1, 0.15) is 5.75 Å². The van der Waals surface area contributed by atoms with Gasteiger partial charge in [0.2, 0.25) is 0 Å². The minimum absolute atomic E-state index is 0.0625. The summed E-state index contributed by atoms with van der Waals surface area (Å²) in [4.78, 5) is 4.19. The van der Waals surface area contributed by atoms with Crippen molar-refractivity contribution in [1.29, 1.82) is 0 Å². The number of nitrogens with one attached hydrogen (secondary N) is 1. The Bertz CT molecular complexity index is 354. The second-order valence-electron chi connectivity index (χ2n) is 3.97. The maximum absolute atomic E-state index is 5.67. The second-order valence-corrected chi connectivity index (χ2v) is 3.97. The van der Waals surface area contributed by atoms with E-state index < -0.39 is 0 Å². The van der Waals surface area contributed by atoms with E-state index in [0.717, 1.165) is 17.9 Å². The van der Waals surface area contributed by atoms with Gasteiger partial charge in [0.25, 0.3) is 0 Å². The maximum atomic E-state index is 5.67. The van der Waals surface area contributed by atoms with Crippen molar-refractivity contribution in [2.75, 3.05) is 26.9 Å². The Morgan fingerprint density at radius 2 is 1.84 bits per heavy atom. The SMILES string of the molecule is CCNC(c1cncc(OC)c1)C(OCC)OCC. The van der Waals surface area contributed by atoms with Crippen LogP contribution in [0.15, 0.2) is 18.5 Å². The van der Waals surface area contributed by atoms with Crippen LogP contribution in [-0.4, -0.2) is 38.1 Å². The Morgan fingerprint density at radius 3 is 2.37 bits per heavy atom. The Balaban J connectivity index is 2.94. The molecule has 1 N–H and O–H groups in total. The highest BCUT2D eigenvalue weighted by molar-refractivity contribution is 5.26. The van der Waals surface area contributed by atoms with Crippen LogP contribution in [0.25, 0.3) is 0 Å². The van der Waals surface area contributed by atoms with Crippen LogP contribution in [-0.2, 0) is 9.47 Å². The molecule has 0 aliphatic carbocycles. The number of nitrogens with zero attached hydrogens (tertiary/aromatic N) is 1. The van der Waals surface area contributed by atoms with Crippen molar-refractivity contribution in [3.8, 4) is 5.75 Å². The van der Waals surface area contributed by atoms with Crippen LogP contribution in [0.2, 0.25) is 0 Å². The molecule has 0 aliphatic heterocycles. The van der Waals surface area contributed by atoms with E-state index in [0.29, 0.717) is 13.2 Å². The van der Waals surface area contributed by atoms with E-state index in [9.17, 15) is 0 Å². The number of likely N-dealkylation sites (N-methyl/N-ethyl adjacent to an activating group) is 1. The van der Waals surface area contributed by atoms with E-state index in [2.05, 4.69) is 17.2 Å². The van der Waals surface area contributed by atoms with Gasteiger partial charge in [-0.2, -0.15) is 0 Å². The lowest BCUT2D eigenvalue weighted by atomic mass is 10.1. The maximum Gasteiger partial charge on any atom is 0.176 e. The third-order valence-corrected chi connectivity index (χ3v) is 2.69. The first kappa shape index (κ1) is 15.9. The first-order valence-corrected chi connectivity index (χ1v) is 6.72. The smallest absolute Gasteiger partial charge is 0.176 e. The van der Waals surface area contributed by atoms with Gasteiger partial charge in [-0.25, -0.2) is 0 Å². The molecule has 1 rings (SSSR count). The number of hydrogen-bond acceptors (Lipinski definition) is 5. The summed E-state index contributed by atoms with van der Waals surface area (Å²) in [5.41, 5.74) is 0.994. The molecular formula is C14H24N2O3. The van der Waals surface area contributed by atoms with Crippen LogP contribution < -0.4 is 10.1 Å². The molecule has 1 heterocycles. The molecule has 0 aromatic carbocycles. The minimum atomic E-state index is -0.330. The zero-order valence-electron chi connectivity index (χ0n) is 12.2. The fourth-order valence-electron chi connectivity index (χ4n) is 1.88. The van der Waals surface area contributed by atoms with Gasteiger partial charge in [-0.05, 0) is 32.0 Å². The van der Waals surface area contributed by atoms with Crippen molar-refractivity contribution in [3.05, 3.63) is 24.0 Å². The number of methoxy groups -OCH3 is 1. The standard InChI is InChI=1S/C14H24N2O3/c1-5-16-13(14(18-6-2)19-7-3)11-8-12(17-4)10-15-9-11/h8-10,13-14,16H,5-7H2,1-4H3. The Kier molecular flexibility index (Phi) is 7.40. The van der Waals surface area contributed by atoms with Gasteiger partial charge in [-0.1, -0.05) is 6.92 Å². The van der Waals surface area contributed by atoms with Gasteiger partial charge < -0.3 is 19.5 Å². The second kappa shape index (κ2) is 8.85. The van der Waals surface area contributed by atoms with Crippen LogP contribution in [0.4, 0.5) is 0 Å². The summed E-state index contributed by atoms with van der Waals surface area (Å²) >= 11 is 0. The van der Waals surface area contributed by atoms with Gasteiger partial charge >= 0.3 is 0 Å².